The highest BCUT2D eigenvalue weighted by atomic mass is 16.5. The van der Waals surface area contributed by atoms with E-state index in [1.807, 2.05) is 30.3 Å². The number of hydrogen-bond donors (Lipinski definition) is 2. The number of esters is 1. The number of carbonyl (C=O) groups is 2. The summed E-state index contributed by atoms with van der Waals surface area (Å²) in [4.78, 5) is 24.2. The maximum atomic E-state index is 11.5. The number of nitrogens with one attached hydrogen (secondary N) is 1. The van der Waals surface area contributed by atoms with E-state index in [-0.39, 0.29) is 12.4 Å². The summed E-state index contributed by atoms with van der Waals surface area (Å²) in [5, 5.41) is 12.7. The van der Waals surface area contributed by atoms with Crippen LogP contribution in [0.4, 0.5) is 4.79 Å². The fourth-order valence-corrected chi connectivity index (χ4v) is 2.92. The largest absolute Gasteiger partial charge is 0.469 e. The molecule has 1 aromatic rings. The van der Waals surface area contributed by atoms with Gasteiger partial charge in [0.1, 0.15) is 0 Å². The molecule has 1 fully saturated rings. The number of carbonyl (C=O) groups excluding carboxylic acids is 1. The Morgan fingerprint density at radius 3 is 2.73 bits per heavy atom. The van der Waals surface area contributed by atoms with Crippen LogP contribution in [0.3, 0.4) is 0 Å². The van der Waals surface area contributed by atoms with E-state index >= 15 is 0 Å². The highest BCUT2D eigenvalue weighted by Crippen LogP contribution is 2.24. The van der Waals surface area contributed by atoms with E-state index < -0.39 is 11.6 Å². The van der Waals surface area contributed by atoms with Crippen molar-refractivity contribution in [3.05, 3.63) is 35.9 Å². The van der Waals surface area contributed by atoms with Crippen molar-refractivity contribution in [2.45, 2.75) is 24.8 Å². The molecule has 1 unspecified atom stereocenters. The zero-order valence-corrected chi connectivity index (χ0v) is 12.7. The molecule has 0 bridgehead atoms. The lowest BCUT2D eigenvalue weighted by Crippen LogP contribution is -2.62. The molecule has 6 heteroatoms. The van der Waals surface area contributed by atoms with Crippen molar-refractivity contribution in [1.82, 2.24) is 10.2 Å². The van der Waals surface area contributed by atoms with Gasteiger partial charge in [0.2, 0.25) is 0 Å². The molecule has 1 heterocycles. The molecule has 0 radical (unpaired) electrons. The summed E-state index contributed by atoms with van der Waals surface area (Å²) in [6, 6.07) is 9.90. The topological polar surface area (TPSA) is 78.9 Å². The van der Waals surface area contributed by atoms with Gasteiger partial charge in [0.05, 0.1) is 7.11 Å². The molecule has 0 aliphatic carbocycles. The lowest BCUT2D eigenvalue weighted by molar-refractivity contribution is -0.141. The van der Waals surface area contributed by atoms with Crippen LogP contribution in [0.25, 0.3) is 0 Å². The van der Waals surface area contributed by atoms with Gasteiger partial charge in [-0.3, -0.25) is 4.79 Å². The summed E-state index contributed by atoms with van der Waals surface area (Å²) in [6.07, 6.45) is 0.563. The van der Waals surface area contributed by atoms with Gasteiger partial charge in [0.15, 0.2) is 0 Å². The van der Waals surface area contributed by atoms with E-state index in [0.29, 0.717) is 32.5 Å². The molecule has 1 saturated heterocycles. The number of hydrogen-bond acceptors (Lipinski definition) is 4. The fourth-order valence-electron chi connectivity index (χ4n) is 2.92. The second kappa shape index (κ2) is 7.26. The smallest absolute Gasteiger partial charge is 0.407 e. The summed E-state index contributed by atoms with van der Waals surface area (Å²) in [5.74, 6) is -0.276. The summed E-state index contributed by atoms with van der Waals surface area (Å²) < 4.78 is 4.71. The van der Waals surface area contributed by atoms with Crippen LogP contribution in [0, 0.1) is 0 Å². The summed E-state index contributed by atoms with van der Waals surface area (Å²) in [5.41, 5.74) is 0.679. The Labute approximate surface area is 130 Å². The Bertz CT molecular complexity index is 520. The highest BCUT2D eigenvalue weighted by molar-refractivity contribution is 5.69. The molecule has 120 valence electrons. The summed E-state index contributed by atoms with van der Waals surface area (Å²) >= 11 is 0. The van der Waals surface area contributed by atoms with Crippen molar-refractivity contribution in [1.29, 1.82) is 0 Å². The van der Waals surface area contributed by atoms with Crippen LogP contribution in [-0.4, -0.2) is 54.4 Å². The molecule has 1 atom stereocenters. The molecule has 1 aliphatic rings. The van der Waals surface area contributed by atoms with Gasteiger partial charge in [-0.05, 0) is 18.4 Å². The Hall–Kier alpha value is -2.08. The number of rotatable bonds is 5. The standard InChI is InChI=1S/C16H22N2O4/c1-22-14(19)7-8-16(11-13-5-3-2-4-6-13)12-18(15(20)21)10-9-17-16/h2-6,17H,7-12H2,1H3,(H,20,21). The van der Waals surface area contributed by atoms with Crippen LogP contribution < -0.4 is 5.32 Å². The Morgan fingerprint density at radius 2 is 2.09 bits per heavy atom. The number of ether oxygens (including phenoxy) is 1. The van der Waals surface area contributed by atoms with Gasteiger partial charge in [-0.25, -0.2) is 4.79 Å². The third-order valence-corrected chi connectivity index (χ3v) is 4.07. The van der Waals surface area contributed by atoms with E-state index in [4.69, 9.17) is 4.74 Å². The van der Waals surface area contributed by atoms with Crippen LogP contribution in [0.5, 0.6) is 0 Å². The molecule has 1 amide bonds. The Morgan fingerprint density at radius 1 is 1.36 bits per heavy atom. The maximum Gasteiger partial charge on any atom is 0.407 e. The van der Waals surface area contributed by atoms with Gasteiger partial charge in [-0.2, -0.15) is 0 Å². The molecule has 0 saturated carbocycles. The number of nitrogens with zero attached hydrogens (tertiary/aromatic N) is 1. The number of benzene rings is 1. The van der Waals surface area contributed by atoms with Crippen LogP contribution in [-0.2, 0) is 16.0 Å². The van der Waals surface area contributed by atoms with Gasteiger partial charge in [0, 0.05) is 31.6 Å². The van der Waals surface area contributed by atoms with Gasteiger partial charge in [0.25, 0.3) is 0 Å². The quantitative estimate of drug-likeness (QED) is 0.806. The van der Waals surface area contributed by atoms with E-state index in [9.17, 15) is 14.7 Å². The lowest BCUT2D eigenvalue weighted by atomic mass is 9.84. The van der Waals surface area contributed by atoms with Crippen LogP contribution in [0.2, 0.25) is 0 Å². The van der Waals surface area contributed by atoms with Crippen molar-refractivity contribution in [2.24, 2.45) is 0 Å². The minimum Gasteiger partial charge on any atom is -0.469 e. The monoisotopic (exact) mass is 306 g/mol. The Balaban J connectivity index is 2.15. The lowest BCUT2D eigenvalue weighted by Gasteiger charge is -2.43. The average molecular weight is 306 g/mol. The third-order valence-electron chi connectivity index (χ3n) is 4.07. The molecule has 6 nitrogen and oxygen atoms in total. The van der Waals surface area contributed by atoms with E-state index in [1.165, 1.54) is 12.0 Å². The summed E-state index contributed by atoms with van der Waals surface area (Å²) in [6.45, 7) is 1.42. The zero-order valence-electron chi connectivity index (χ0n) is 12.7. The van der Waals surface area contributed by atoms with Gasteiger partial charge >= 0.3 is 12.1 Å². The number of piperazine rings is 1. The molecule has 0 spiro atoms. The molecule has 22 heavy (non-hydrogen) atoms. The predicted octanol–water partition coefficient (Wildman–Crippen LogP) is 1.50. The fraction of sp³-hybridized carbons (Fsp3) is 0.500. The number of carboxylic acid groups (broad SMARTS) is 1. The highest BCUT2D eigenvalue weighted by Gasteiger charge is 2.37. The molecule has 2 N–H and O–H groups in total. The van der Waals surface area contributed by atoms with Crippen LogP contribution in [0.1, 0.15) is 18.4 Å². The predicted molar refractivity (Wildman–Crippen MR) is 81.7 cm³/mol. The molecule has 1 aliphatic heterocycles. The first-order valence-corrected chi connectivity index (χ1v) is 7.38. The molecular weight excluding hydrogens is 284 g/mol. The van der Waals surface area contributed by atoms with Gasteiger partial charge in [-0.15, -0.1) is 0 Å². The summed E-state index contributed by atoms with van der Waals surface area (Å²) in [7, 11) is 1.37. The van der Waals surface area contributed by atoms with Crippen molar-refractivity contribution >= 4 is 12.1 Å². The number of amides is 1. The van der Waals surface area contributed by atoms with Gasteiger partial charge < -0.3 is 20.1 Å². The van der Waals surface area contributed by atoms with Gasteiger partial charge in [-0.1, -0.05) is 30.3 Å². The molecule has 1 aromatic carbocycles. The average Bonchev–Trinajstić information content (AvgIpc) is 2.54. The minimum atomic E-state index is -0.919. The molecular formula is C16H22N2O4. The van der Waals surface area contributed by atoms with Crippen LogP contribution >= 0.6 is 0 Å². The minimum absolute atomic E-state index is 0.268. The normalized spacial score (nSPS) is 21.4. The maximum absolute atomic E-state index is 11.5. The van der Waals surface area contributed by atoms with Crippen molar-refractivity contribution in [3.63, 3.8) is 0 Å². The molecule has 2 rings (SSSR count). The van der Waals surface area contributed by atoms with Crippen molar-refractivity contribution in [2.75, 3.05) is 26.7 Å². The number of methoxy groups -OCH3 is 1. The Kier molecular flexibility index (Phi) is 5.38. The molecule has 0 aromatic heterocycles. The van der Waals surface area contributed by atoms with Crippen molar-refractivity contribution < 1.29 is 19.4 Å². The van der Waals surface area contributed by atoms with Crippen LogP contribution in [0.15, 0.2) is 30.3 Å². The van der Waals surface area contributed by atoms with E-state index in [2.05, 4.69) is 5.32 Å². The first-order valence-electron chi connectivity index (χ1n) is 7.38. The first-order chi connectivity index (χ1) is 10.5. The van der Waals surface area contributed by atoms with E-state index in [1.54, 1.807) is 0 Å². The first kappa shape index (κ1) is 16.3. The SMILES string of the molecule is COC(=O)CCC1(Cc2ccccc2)CN(C(=O)O)CCN1. The third kappa shape index (κ3) is 4.21. The van der Waals surface area contributed by atoms with E-state index in [0.717, 1.165) is 5.56 Å². The second-order valence-electron chi connectivity index (χ2n) is 5.65. The second-order valence-corrected chi connectivity index (χ2v) is 5.65. The zero-order chi connectivity index (χ0) is 16.0. The van der Waals surface area contributed by atoms with Crippen molar-refractivity contribution in [3.8, 4) is 0 Å².